The smallest absolute Gasteiger partial charge is 0.160 e. The fraction of sp³-hybridized carbons (Fsp3) is 0.0222. The second-order valence-corrected chi connectivity index (χ2v) is 12.6. The molecule has 1 unspecified atom stereocenters. The van der Waals surface area contributed by atoms with Gasteiger partial charge in [-0.2, -0.15) is 0 Å². The SMILES string of the molecule is c1ccc(C2=NC(c3cccc4oc5c(-c6ccc7ccc8ccccc8c7c6)cccc5c34)=NC(c3cccc4ccccc34)N2)cc1. The Hall–Kier alpha value is -6.52. The largest absolute Gasteiger partial charge is 0.455 e. The maximum absolute atomic E-state index is 6.73. The van der Waals surface area contributed by atoms with E-state index in [0.717, 1.165) is 55.6 Å². The fourth-order valence-corrected chi connectivity index (χ4v) is 7.39. The number of nitrogens with one attached hydrogen (secondary N) is 1. The van der Waals surface area contributed by atoms with E-state index >= 15 is 0 Å². The van der Waals surface area contributed by atoms with Crippen LogP contribution in [0.25, 0.3) is 65.4 Å². The molecule has 1 N–H and O–H groups in total. The van der Waals surface area contributed by atoms with Gasteiger partial charge in [-0.1, -0.05) is 152 Å². The Morgan fingerprint density at radius 1 is 0.490 bits per heavy atom. The van der Waals surface area contributed by atoms with E-state index in [1.165, 1.54) is 32.3 Å². The minimum Gasteiger partial charge on any atom is -0.455 e. The van der Waals surface area contributed by atoms with Crippen molar-refractivity contribution in [3.8, 4) is 11.1 Å². The second-order valence-electron chi connectivity index (χ2n) is 12.6. The lowest BCUT2D eigenvalue weighted by Gasteiger charge is -2.24. The summed E-state index contributed by atoms with van der Waals surface area (Å²) in [5, 5.41) is 13.0. The quantitative estimate of drug-likeness (QED) is 0.197. The summed E-state index contributed by atoms with van der Waals surface area (Å²) in [7, 11) is 0. The molecule has 1 atom stereocenters. The van der Waals surface area contributed by atoms with Crippen molar-refractivity contribution in [1.29, 1.82) is 0 Å². The van der Waals surface area contributed by atoms with E-state index in [4.69, 9.17) is 14.4 Å². The van der Waals surface area contributed by atoms with Crippen LogP contribution in [0.2, 0.25) is 0 Å². The number of rotatable bonds is 4. The van der Waals surface area contributed by atoms with E-state index < -0.39 is 0 Å². The number of hydrogen-bond acceptors (Lipinski definition) is 4. The van der Waals surface area contributed by atoms with Crippen LogP contribution < -0.4 is 5.32 Å². The Kier molecular flexibility index (Phi) is 6.21. The zero-order chi connectivity index (χ0) is 32.3. The fourth-order valence-electron chi connectivity index (χ4n) is 7.39. The van der Waals surface area contributed by atoms with Crippen molar-refractivity contribution < 1.29 is 4.42 Å². The average molecular weight is 628 g/mol. The molecule has 0 aliphatic carbocycles. The molecule has 1 aromatic heterocycles. The van der Waals surface area contributed by atoms with E-state index in [2.05, 4.69) is 139 Å². The van der Waals surface area contributed by atoms with Gasteiger partial charge >= 0.3 is 0 Å². The van der Waals surface area contributed by atoms with Crippen LogP contribution in [0, 0.1) is 0 Å². The first kappa shape index (κ1) is 27.6. The van der Waals surface area contributed by atoms with Gasteiger partial charge < -0.3 is 9.73 Å². The summed E-state index contributed by atoms with van der Waals surface area (Å²) < 4.78 is 6.73. The molecule has 0 spiro atoms. The topological polar surface area (TPSA) is 49.9 Å². The van der Waals surface area contributed by atoms with Gasteiger partial charge in [0.15, 0.2) is 5.84 Å². The van der Waals surface area contributed by atoms with Crippen molar-refractivity contribution in [1.82, 2.24) is 5.32 Å². The molecule has 0 fully saturated rings. The lowest BCUT2D eigenvalue weighted by molar-refractivity contribution is 0.669. The zero-order valence-electron chi connectivity index (χ0n) is 26.5. The summed E-state index contributed by atoms with van der Waals surface area (Å²) in [4.78, 5) is 10.5. The molecule has 9 aromatic rings. The van der Waals surface area contributed by atoms with Gasteiger partial charge in [-0.05, 0) is 50.0 Å². The maximum Gasteiger partial charge on any atom is 0.160 e. The average Bonchev–Trinajstić information content (AvgIpc) is 3.57. The first-order chi connectivity index (χ1) is 24.3. The van der Waals surface area contributed by atoms with Crippen molar-refractivity contribution in [3.05, 3.63) is 180 Å². The number of hydrogen-bond donors (Lipinski definition) is 1. The molecule has 10 rings (SSSR count). The van der Waals surface area contributed by atoms with Gasteiger partial charge in [0, 0.05) is 33.0 Å². The Bertz CT molecular complexity index is 2800. The minimum atomic E-state index is -0.329. The van der Waals surface area contributed by atoms with Gasteiger partial charge in [-0.15, -0.1) is 0 Å². The van der Waals surface area contributed by atoms with Crippen molar-refractivity contribution >= 4 is 65.9 Å². The summed E-state index contributed by atoms with van der Waals surface area (Å²) in [6.07, 6.45) is -0.329. The summed E-state index contributed by atoms with van der Waals surface area (Å²) in [6, 6.07) is 57.4. The Labute approximate surface area is 282 Å². The lowest BCUT2D eigenvalue weighted by Crippen LogP contribution is -2.33. The predicted molar refractivity (Wildman–Crippen MR) is 204 cm³/mol. The zero-order valence-corrected chi connectivity index (χ0v) is 26.5. The molecule has 1 aliphatic heterocycles. The van der Waals surface area contributed by atoms with Gasteiger partial charge in [0.1, 0.15) is 23.2 Å². The highest BCUT2D eigenvalue weighted by Gasteiger charge is 2.25. The third-order valence-electron chi connectivity index (χ3n) is 9.73. The third kappa shape index (κ3) is 4.53. The molecular formula is C45H29N3O. The maximum atomic E-state index is 6.73. The molecule has 8 aromatic carbocycles. The van der Waals surface area contributed by atoms with Crippen LogP contribution in [-0.4, -0.2) is 11.7 Å². The molecule has 0 radical (unpaired) electrons. The van der Waals surface area contributed by atoms with E-state index in [0.29, 0.717) is 5.84 Å². The number of fused-ring (bicyclic) bond motifs is 7. The Morgan fingerprint density at radius 2 is 1.14 bits per heavy atom. The van der Waals surface area contributed by atoms with E-state index in [1.807, 2.05) is 30.3 Å². The van der Waals surface area contributed by atoms with Crippen LogP contribution in [0.4, 0.5) is 0 Å². The minimum absolute atomic E-state index is 0.329. The van der Waals surface area contributed by atoms with Crippen LogP contribution in [-0.2, 0) is 0 Å². The number of nitrogens with zero attached hydrogens (tertiary/aromatic N) is 2. The number of amidine groups is 2. The number of benzene rings is 8. The molecule has 0 amide bonds. The number of para-hydroxylation sites is 1. The van der Waals surface area contributed by atoms with Crippen molar-refractivity contribution in [2.75, 3.05) is 0 Å². The molecule has 4 heteroatoms. The highest BCUT2D eigenvalue weighted by molar-refractivity contribution is 6.23. The Balaban J connectivity index is 1.17. The molecule has 0 bridgehead atoms. The molecule has 2 heterocycles. The lowest BCUT2D eigenvalue weighted by atomic mass is 9.96. The normalized spacial score (nSPS) is 14.7. The number of furan rings is 1. The monoisotopic (exact) mass is 627 g/mol. The van der Waals surface area contributed by atoms with Gasteiger partial charge in [0.05, 0.1) is 0 Å². The van der Waals surface area contributed by atoms with E-state index in [9.17, 15) is 0 Å². The van der Waals surface area contributed by atoms with Crippen LogP contribution in [0.1, 0.15) is 22.9 Å². The first-order valence-electron chi connectivity index (χ1n) is 16.6. The van der Waals surface area contributed by atoms with Crippen LogP contribution >= 0.6 is 0 Å². The van der Waals surface area contributed by atoms with Gasteiger partial charge in [-0.25, -0.2) is 9.98 Å². The van der Waals surface area contributed by atoms with Gasteiger partial charge in [0.2, 0.25) is 0 Å². The first-order valence-corrected chi connectivity index (χ1v) is 16.6. The molecule has 4 nitrogen and oxygen atoms in total. The standard InChI is InChI=1S/C45H29N3O/c1-2-13-31(14-3-1)43-46-44(36-19-8-15-28-11-4-6-16-33(28)36)48-45(47-43)38-21-10-22-40-41(38)37-20-9-18-35(42(37)49-40)32-26-25-30-24-23-29-12-5-7-17-34(29)39(30)27-32/h1-27,44H,(H,46,47,48). The molecule has 49 heavy (non-hydrogen) atoms. The van der Waals surface area contributed by atoms with Crippen LogP contribution in [0.5, 0.6) is 0 Å². The van der Waals surface area contributed by atoms with Crippen LogP contribution in [0.15, 0.2) is 178 Å². The highest BCUT2D eigenvalue weighted by atomic mass is 16.3. The molecular weight excluding hydrogens is 599 g/mol. The van der Waals surface area contributed by atoms with Crippen molar-refractivity contribution in [2.45, 2.75) is 6.17 Å². The van der Waals surface area contributed by atoms with Crippen molar-refractivity contribution in [2.24, 2.45) is 9.98 Å². The molecule has 1 aliphatic rings. The third-order valence-corrected chi connectivity index (χ3v) is 9.73. The van der Waals surface area contributed by atoms with Crippen molar-refractivity contribution in [3.63, 3.8) is 0 Å². The summed E-state index contributed by atoms with van der Waals surface area (Å²) in [5.74, 6) is 1.46. The van der Waals surface area contributed by atoms with E-state index in [-0.39, 0.29) is 6.17 Å². The Morgan fingerprint density at radius 3 is 2.02 bits per heavy atom. The van der Waals surface area contributed by atoms with E-state index in [1.54, 1.807) is 0 Å². The summed E-state index contributed by atoms with van der Waals surface area (Å²) in [6.45, 7) is 0. The van der Waals surface area contributed by atoms with Crippen LogP contribution in [0.3, 0.4) is 0 Å². The highest BCUT2D eigenvalue weighted by Crippen LogP contribution is 2.40. The molecule has 230 valence electrons. The van der Waals surface area contributed by atoms with Gasteiger partial charge in [-0.3, -0.25) is 0 Å². The number of aliphatic imine (C=N–C) groups is 2. The second kappa shape index (κ2) is 11.0. The van der Waals surface area contributed by atoms with Gasteiger partial charge in [0.25, 0.3) is 0 Å². The molecule has 0 saturated heterocycles. The summed E-state index contributed by atoms with van der Waals surface area (Å²) >= 11 is 0. The molecule has 0 saturated carbocycles. The summed E-state index contributed by atoms with van der Waals surface area (Å²) in [5.41, 5.74) is 6.91. The predicted octanol–water partition coefficient (Wildman–Crippen LogP) is 11.2.